The number of nitrogens with one attached hydrogen (secondary N) is 2. The van der Waals surface area contributed by atoms with E-state index in [9.17, 15) is 14.7 Å². The molecule has 0 spiro atoms. The highest BCUT2D eigenvalue weighted by molar-refractivity contribution is 6.04. The zero-order valence-electron chi connectivity index (χ0n) is 16.5. The Hall–Kier alpha value is -4.13. The number of amides is 2. The van der Waals surface area contributed by atoms with E-state index < -0.39 is 5.91 Å². The molecule has 7 nitrogen and oxygen atoms in total. The summed E-state index contributed by atoms with van der Waals surface area (Å²) in [6.45, 7) is 1.92. The maximum absolute atomic E-state index is 12.3. The number of para-hydroxylation sites is 1. The fraction of sp³-hybridized carbons (Fsp3) is 0.0870. The van der Waals surface area contributed by atoms with Gasteiger partial charge in [0, 0.05) is 22.4 Å². The number of methoxy groups -OCH3 is 1. The topological polar surface area (TPSA) is 100 Å². The van der Waals surface area contributed by atoms with E-state index in [4.69, 9.17) is 4.74 Å². The smallest absolute Gasteiger partial charge is 0.271 e. The van der Waals surface area contributed by atoms with Crippen molar-refractivity contribution < 1.29 is 19.4 Å². The molecule has 0 aromatic heterocycles. The van der Waals surface area contributed by atoms with Crippen molar-refractivity contribution in [2.45, 2.75) is 6.92 Å². The van der Waals surface area contributed by atoms with Gasteiger partial charge in [-0.05, 0) is 55.5 Å². The van der Waals surface area contributed by atoms with E-state index in [2.05, 4.69) is 15.8 Å². The quantitative estimate of drug-likeness (QED) is 0.431. The van der Waals surface area contributed by atoms with E-state index in [1.807, 2.05) is 19.1 Å². The van der Waals surface area contributed by atoms with Crippen molar-refractivity contribution in [3.05, 3.63) is 89.0 Å². The van der Waals surface area contributed by atoms with Crippen LogP contribution in [0.15, 0.2) is 71.8 Å². The number of phenols is 1. The van der Waals surface area contributed by atoms with E-state index >= 15 is 0 Å². The van der Waals surface area contributed by atoms with E-state index in [-0.39, 0.29) is 11.7 Å². The highest BCUT2D eigenvalue weighted by Gasteiger charge is 2.09. The van der Waals surface area contributed by atoms with Gasteiger partial charge in [0.1, 0.15) is 0 Å². The summed E-state index contributed by atoms with van der Waals surface area (Å²) in [6.07, 6.45) is 1.33. The average molecular weight is 403 g/mol. The summed E-state index contributed by atoms with van der Waals surface area (Å²) in [5.41, 5.74) is 5.30. The standard InChI is InChI=1S/C23H21N3O4/c1-15-5-3-6-17(13-15)22(28)25-19-11-9-16(10-12-19)23(29)26-24-14-18-7-4-8-20(30-2)21(18)27/h3-14,27H,1-2H3,(H,25,28)(H,26,29)/b24-14+. The molecule has 7 heteroatoms. The van der Waals surface area contributed by atoms with Crippen LogP contribution in [0, 0.1) is 6.92 Å². The van der Waals surface area contributed by atoms with Crippen molar-refractivity contribution in [2.24, 2.45) is 5.10 Å². The number of hydrogen-bond acceptors (Lipinski definition) is 5. The second-order valence-electron chi connectivity index (χ2n) is 6.50. The van der Waals surface area contributed by atoms with Crippen molar-refractivity contribution in [1.29, 1.82) is 0 Å². The second kappa shape index (κ2) is 9.38. The third-order valence-electron chi connectivity index (χ3n) is 4.31. The van der Waals surface area contributed by atoms with Crippen LogP contribution in [0.3, 0.4) is 0 Å². The molecule has 3 N–H and O–H groups in total. The number of carbonyl (C=O) groups excluding carboxylic acids is 2. The van der Waals surface area contributed by atoms with Crippen LogP contribution in [0.1, 0.15) is 31.8 Å². The molecule has 3 aromatic rings. The molecule has 3 aromatic carbocycles. The van der Waals surface area contributed by atoms with E-state index in [0.717, 1.165) is 5.56 Å². The van der Waals surface area contributed by atoms with Crippen LogP contribution in [-0.4, -0.2) is 30.2 Å². The Labute approximate surface area is 174 Å². The predicted octanol–water partition coefficient (Wildman–Crippen LogP) is 3.73. The lowest BCUT2D eigenvalue weighted by molar-refractivity contribution is 0.0954. The molecule has 0 aliphatic heterocycles. The number of hydrazone groups is 1. The molecule has 0 bridgehead atoms. The number of aryl methyl sites for hydroxylation is 1. The molecule has 0 saturated carbocycles. The van der Waals surface area contributed by atoms with Crippen LogP contribution in [0.5, 0.6) is 11.5 Å². The van der Waals surface area contributed by atoms with Gasteiger partial charge in [-0.25, -0.2) is 5.43 Å². The third kappa shape index (κ3) is 5.02. The number of ether oxygens (including phenoxy) is 1. The van der Waals surface area contributed by atoms with Gasteiger partial charge in [-0.1, -0.05) is 23.8 Å². The Morgan fingerprint density at radius 3 is 2.40 bits per heavy atom. The van der Waals surface area contributed by atoms with Gasteiger partial charge < -0.3 is 15.2 Å². The average Bonchev–Trinajstić information content (AvgIpc) is 2.75. The minimum Gasteiger partial charge on any atom is -0.504 e. The third-order valence-corrected chi connectivity index (χ3v) is 4.31. The van der Waals surface area contributed by atoms with Gasteiger partial charge in [-0.3, -0.25) is 9.59 Å². The molecule has 0 aliphatic carbocycles. The van der Waals surface area contributed by atoms with Gasteiger partial charge in [0.2, 0.25) is 0 Å². The van der Waals surface area contributed by atoms with E-state index in [1.165, 1.54) is 13.3 Å². The highest BCUT2D eigenvalue weighted by Crippen LogP contribution is 2.27. The van der Waals surface area contributed by atoms with Crippen molar-refractivity contribution >= 4 is 23.7 Å². The van der Waals surface area contributed by atoms with Crippen LogP contribution in [0.2, 0.25) is 0 Å². The van der Waals surface area contributed by atoms with Crippen molar-refractivity contribution in [3.63, 3.8) is 0 Å². The zero-order chi connectivity index (χ0) is 21.5. The molecule has 3 rings (SSSR count). The lowest BCUT2D eigenvalue weighted by Gasteiger charge is -2.07. The van der Waals surface area contributed by atoms with Gasteiger partial charge in [0.05, 0.1) is 13.3 Å². The molecule has 0 radical (unpaired) electrons. The number of rotatable bonds is 6. The van der Waals surface area contributed by atoms with E-state index in [1.54, 1.807) is 54.6 Å². The number of anilines is 1. The molecule has 0 saturated heterocycles. The van der Waals surface area contributed by atoms with Gasteiger partial charge in [0.25, 0.3) is 11.8 Å². The molecule has 0 heterocycles. The summed E-state index contributed by atoms with van der Waals surface area (Å²) >= 11 is 0. The largest absolute Gasteiger partial charge is 0.504 e. The number of nitrogens with zero attached hydrogens (tertiary/aromatic N) is 1. The lowest BCUT2D eigenvalue weighted by atomic mass is 10.1. The first kappa shape index (κ1) is 20.6. The van der Waals surface area contributed by atoms with Crippen LogP contribution in [-0.2, 0) is 0 Å². The number of phenolic OH excluding ortho intramolecular Hbond substituents is 1. The Morgan fingerprint density at radius 1 is 0.967 bits per heavy atom. The van der Waals surface area contributed by atoms with Crippen LogP contribution < -0.4 is 15.5 Å². The molecule has 152 valence electrons. The maximum Gasteiger partial charge on any atom is 0.271 e. The first-order valence-corrected chi connectivity index (χ1v) is 9.15. The van der Waals surface area contributed by atoms with Gasteiger partial charge in [-0.2, -0.15) is 5.10 Å². The summed E-state index contributed by atoms with van der Waals surface area (Å²) in [4.78, 5) is 24.5. The van der Waals surface area contributed by atoms with Gasteiger partial charge >= 0.3 is 0 Å². The molecule has 2 amide bonds. The fourth-order valence-electron chi connectivity index (χ4n) is 2.73. The summed E-state index contributed by atoms with van der Waals surface area (Å²) in [6, 6.07) is 18.7. The molecule has 30 heavy (non-hydrogen) atoms. The molecule has 0 fully saturated rings. The van der Waals surface area contributed by atoms with Crippen LogP contribution in [0.4, 0.5) is 5.69 Å². The summed E-state index contributed by atoms with van der Waals surface area (Å²) in [5, 5.41) is 16.7. The van der Waals surface area contributed by atoms with Crippen molar-refractivity contribution in [2.75, 3.05) is 12.4 Å². The number of benzene rings is 3. The molecule has 0 unspecified atom stereocenters. The summed E-state index contributed by atoms with van der Waals surface area (Å²) in [7, 11) is 1.45. The Morgan fingerprint density at radius 2 is 1.70 bits per heavy atom. The SMILES string of the molecule is COc1cccc(/C=N/NC(=O)c2ccc(NC(=O)c3cccc(C)c3)cc2)c1O. The minimum atomic E-state index is -0.426. The summed E-state index contributed by atoms with van der Waals surface area (Å²) in [5.74, 6) is -0.399. The first-order chi connectivity index (χ1) is 14.5. The van der Waals surface area contributed by atoms with Crippen LogP contribution in [0.25, 0.3) is 0 Å². The fourth-order valence-corrected chi connectivity index (χ4v) is 2.73. The normalized spacial score (nSPS) is 10.6. The number of carbonyl (C=O) groups is 2. The van der Waals surface area contributed by atoms with Crippen molar-refractivity contribution in [1.82, 2.24) is 5.43 Å². The molecule has 0 aliphatic rings. The van der Waals surface area contributed by atoms with Gasteiger partial charge in [-0.15, -0.1) is 0 Å². The number of aromatic hydroxyl groups is 1. The molecular formula is C23H21N3O4. The maximum atomic E-state index is 12.3. The van der Waals surface area contributed by atoms with E-state index in [0.29, 0.717) is 28.1 Å². The molecule has 0 atom stereocenters. The monoisotopic (exact) mass is 403 g/mol. The molecular weight excluding hydrogens is 382 g/mol. The number of hydrogen-bond donors (Lipinski definition) is 3. The first-order valence-electron chi connectivity index (χ1n) is 9.15. The van der Waals surface area contributed by atoms with Gasteiger partial charge in [0.15, 0.2) is 11.5 Å². The zero-order valence-corrected chi connectivity index (χ0v) is 16.5. The van der Waals surface area contributed by atoms with Crippen LogP contribution >= 0.6 is 0 Å². The Bertz CT molecular complexity index is 1090. The minimum absolute atomic E-state index is 0.0632. The predicted molar refractivity (Wildman–Crippen MR) is 115 cm³/mol. The lowest BCUT2D eigenvalue weighted by Crippen LogP contribution is -2.18. The second-order valence-corrected chi connectivity index (χ2v) is 6.50. The highest BCUT2D eigenvalue weighted by atomic mass is 16.5. The summed E-state index contributed by atoms with van der Waals surface area (Å²) < 4.78 is 5.03. The van der Waals surface area contributed by atoms with Crippen molar-refractivity contribution in [3.8, 4) is 11.5 Å². The Kier molecular flexibility index (Phi) is 6.44. The Balaban J connectivity index is 1.60.